The maximum Gasteiger partial charge on any atom is 0.213 e. The topological polar surface area (TPSA) is 75.2 Å². The Kier molecular flexibility index (Phi) is 6.62. The normalized spacial score (nSPS) is 11.9. The number of rotatable bonds is 8. The molecule has 1 aromatic carbocycles. The van der Waals surface area contributed by atoms with Crippen molar-refractivity contribution >= 4 is 43.9 Å². The van der Waals surface area contributed by atoms with Crippen molar-refractivity contribution in [3.63, 3.8) is 0 Å². The van der Waals surface area contributed by atoms with Gasteiger partial charge in [0.25, 0.3) is 0 Å². The molecule has 0 saturated carbocycles. The third-order valence-corrected chi connectivity index (χ3v) is 7.47. The van der Waals surface area contributed by atoms with Crippen LogP contribution in [-0.2, 0) is 10.0 Å². The van der Waals surface area contributed by atoms with E-state index in [1.54, 1.807) is 14.1 Å². The van der Waals surface area contributed by atoms with E-state index in [1.165, 1.54) is 38.5 Å². The summed E-state index contributed by atoms with van der Waals surface area (Å²) in [5.41, 5.74) is 3.46. The predicted molar refractivity (Wildman–Crippen MR) is 102 cm³/mol. The Bertz CT molecular complexity index is 788. The number of hydrogen-bond donors (Lipinski definition) is 1. The van der Waals surface area contributed by atoms with Gasteiger partial charge < -0.3 is 5.32 Å². The molecule has 0 saturated heterocycles. The van der Waals surface area contributed by atoms with Crippen LogP contribution >= 0.6 is 23.1 Å². The van der Waals surface area contributed by atoms with E-state index < -0.39 is 10.0 Å². The number of benzene rings is 1. The van der Waals surface area contributed by atoms with Gasteiger partial charge in [-0.1, -0.05) is 29.2 Å². The first-order valence-electron chi connectivity index (χ1n) is 7.49. The summed E-state index contributed by atoms with van der Waals surface area (Å²) in [6, 6.07) is 6.16. The molecule has 0 radical (unpaired) electrons. The van der Waals surface area contributed by atoms with Crippen molar-refractivity contribution in [3.05, 3.63) is 29.3 Å². The van der Waals surface area contributed by atoms with Gasteiger partial charge in [-0.15, -0.1) is 10.2 Å². The van der Waals surface area contributed by atoms with Gasteiger partial charge >= 0.3 is 0 Å². The van der Waals surface area contributed by atoms with Crippen molar-refractivity contribution < 1.29 is 8.42 Å². The van der Waals surface area contributed by atoms with E-state index in [4.69, 9.17) is 0 Å². The van der Waals surface area contributed by atoms with Crippen LogP contribution < -0.4 is 5.32 Å². The third-order valence-electron chi connectivity index (χ3n) is 3.49. The summed E-state index contributed by atoms with van der Waals surface area (Å²) in [6.07, 6.45) is 0.588. The van der Waals surface area contributed by atoms with Crippen LogP contribution in [0.15, 0.2) is 22.5 Å². The zero-order valence-electron chi connectivity index (χ0n) is 14.2. The quantitative estimate of drug-likeness (QED) is 0.554. The van der Waals surface area contributed by atoms with Crippen LogP contribution in [0, 0.1) is 13.8 Å². The molecule has 132 valence electrons. The van der Waals surface area contributed by atoms with E-state index in [1.807, 2.05) is 6.07 Å². The lowest BCUT2D eigenvalue weighted by atomic mass is 10.1. The monoisotopic (exact) mass is 386 g/mol. The zero-order chi connectivity index (χ0) is 17.7. The van der Waals surface area contributed by atoms with Crippen molar-refractivity contribution in [2.75, 3.05) is 30.9 Å². The maximum absolute atomic E-state index is 11.7. The second kappa shape index (κ2) is 8.28. The van der Waals surface area contributed by atoms with Gasteiger partial charge in [0, 0.05) is 25.5 Å². The largest absolute Gasteiger partial charge is 0.330 e. The molecule has 1 aromatic heterocycles. The summed E-state index contributed by atoms with van der Waals surface area (Å²) in [6.45, 7) is 4.15. The van der Waals surface area contributed by atoms with Gasteiger partial charge in [0.1, 0.15) is 0 Å². The highest BCUT2D eigenvalue weighted by molar-refractivity contribution is 8.01. The number of aryl methyl sites for hydroxylation is 2. The number of anilines is 2. The van der Waals surface area contributed by atoms with E-state index in [9.17, 15) is 8.42 Å². The summed E-state index contributed by atoms with van der Waals surface area (Å²) in [7, 11) is -0.0137. The lowest BCUT2D eigenvalue weighted by Crippen LogP contribution is -2.25. The molecule has 1 heterocycles. The van der Waals surface area contributed by atoms with Gasteiger partial charge in [0.2, 0.25) is 15.2 Å². The van der Waals surface area contributed by atoms with Gasteiger partial charge in [0.05, 0.1) is 5.75 Å². The molecule has 0 aliphatic heterocycles. The smallest absolute Gasteiger partial charge is 0.213 e. The SMILES string of the molecule is Cc1ccc(Nc2nnc(SCCCS(=O)(=O)N(C)C)s2)cc1C. The molecule has 0 unspecified atom stereocenters. The van der Waals surface area contributed by atoms with Gasteiger partial charge in [0.15, 0.2) is 4.34 Å². The Hall–Kier alpha value is -1.16. The van der Waals surface area contributed by atoms with Gasteiger partial charge in [-0.3, -0.25) is 0 Å². The fourth-order valence-electron chi connectivity index (χ4n) is 1.84. The summed E-state index contributed by atoms with van der Waals surface area (Å²) < 4.78 is 25.5. The Labute approximate surface area is 151 Å². The first kappa shape index (κ1) is 19.2. The van der Waals surface area contributed by atoms with Crippen LogP contribution in [0.25, 0.3) is 0 Å². The van der Waals surface area contributed by atoms with Gasteiger partial charge in [-0.05, 0) is 43.5 Å². The lowest BCUT2D eigenvalue weighted by Gasteiger charge is -2.10. The van der Waals surface area contributed by atoms with Crippen molar-refractivity contribution in [2.24, 2.45) is 0 Å². The molecule has 0 fully saturated rings. The van der Waals surface area contributed by atoms with Crippen molar-refractivity contribution in [1.29, 1.82) is 0 Å². The van der Waals surface area contributed by atoms with Crippen LogP contribution in [0.4, 0.5) is 10.8 Å². The van der Waals surface area contributed by atoms with Crippen LogP contribution in [-0.4, -0.2) is 48.5 Å². The summed E-state index contributed by atoms with van der Waals surface area (Å²) in [4.78, 5) is 0. The maximum atomic E-state index is 11.7. The Balaban J connectivity index is 1.84. The number of nitrogens with zero attached hydrogens (tertiary/aromatic N) is 3. The standard InChI is InChI=1S/C15H22N4O2S3/c1-11-6-7-13(10-12(11)2)16-14-17-18-15(23-14)22-8-5-9-24(20,21)19(3)4/h6-7,10H,5,8-9H2,1-4H3,(H,16,17). The van der Waals surface area contributed by atoms with E-state index in [2.05, 4.69) is 41.5 Å². The Morgan fingerprint density at radius 1 is 1.21 bits per heavy atom. The molecular formula is C15H22N4O2S3. The van der Waals surface area contributed by atoms with Crippen LogP contribution in [0.1, 0.15) is 17.5 Å². The minimum absolute atomic E-state index is 0.152. The van der Waals surface area contributed by atoms with Crippen molar-refractivity contribution in [2.45, 2.75) is 24.6 Å². The summed E-state index contributed by atoms with van der Waals surface area (Å²) >= 11 is 3.00. The fraction of sp³-hybridized carbons (Fsp3) is 0.467. The van der Waals surface area contributed by atoms with E-state index >= 15 is 0 Å². The predicted octanol–water partition coefficient (Wildman–Crippen LogP) is 3.27. The number of aromatic nitrogens is 2. The molecule has 0 aliphatic rings. The fourth-order valence-corrected chi connectivity index (χ4v) is 4.68. The molecular weight excluding hydrogens is 364 g/mol. The minimum Gasteiger partial charge on any atom is -0.330 e. The highest BCUT2D eigenvalue weighted by atomic mass is 32.2. The van der Waals surface area contributed by atoms with Gasteiger partial charge in [-0.25, -0.2) is 12.7 Å². The highest BCUT2D eigenvalue weighted by Gasteiger charge is 2.13. The number of nitrogens with one attached hydrogen (secondary N) is 1. The number of thioether (sulfide) groups is 1. The summed E-state index contributed by atoms with van der Waals surface area (Å²) in [5.74, 6) is 0.852. The number of hydrogen-bond acceptors (Lipinski definition) is 7. The lowest BCUT2D eigenvalue weighted by molar-refractivity contribution is 0.520. The second-order valence-corrected chi connectivity index (χ2v) is 10.2. The zero-order valence-corrected chi connectivity index (χ0v) is 16.7. The molecule has 0 spiro atoms. The Morgan fingerprint density at radius 2 is 1.96 bits per heavy atom. The first-order chi connectivity index (χ1) is 11.3. The van der Waals surface area contributed by atoms with Crippen molar-refractivity contribution in [3.8, 4) is 0 Å². The minimum atomic E-state index is -3.12. The average Bonchev–Trinajstić information content (AvgIpc) is 2.95. The van der Waals surface area contributed by atoms with Crippen LogP contribution in [0.2, 0.25) is 0 Å². The molecule has 24 heavy (non-hydrogen) atoms. The first-order valence-corrected chi connectivity index (χ1v) is 10.9. The van der Waals surface area contributed by atoms with E-state index in [0.29, 0.717) is 12.2 Å². The molecule has 2 aromatic rings. The molecule has 0 bridgehead atoms. The van der Waals surface area contributed by atoms with Crippen LogP contribution in [0.5, 0.6) is 0 Å². The van der Waals surface area contributed by atoms with Gasteiger partial charge in [-0.2, -0.15) is 0 Å². The highest BCUT2D eigenvalue weighted by Crippen LogP contribution is 2.28. The second-order valence-electron chi connectivity index (χ2n) is 5.60. The van der Waals surface area contributed by atoms with Crippen LogP contribution in [0.3, 0.4) is 0 Å². The molecule has 6 nitrogen and oxygen atoms in total. The molecule has 0 aliphatic carbocycles. The molecule has 1 N–H and O–H groups in total. The molecule has 9 heteroatoms. The van der Waals surface area contributed by atoms with Crippen molar-refractivity contribution in [1.82, 2.24) is 14.5 Å². The molecule has 0 atom stereocenters. The van der Waals surface area contributed by atoms with E-state index in [-0.39, 0.29) is 5.75 Å². The number of sulfonamides is 1. The third kappa shape index (κ3) is 5.44. The average molecular weight is 387 g/mol. The molecule has 0 amide bonds. The Morgan fingerprint density at radius 3 is 2.62 bits per heavy atom. The van der Waals surface area contributed by atoms with E-state index in [0.717, 1.165) is 15.2 Å². The molecule has 2 rings (SSSR count). The summed E-state index contributed by atoms with van der Waals surface area (Å²) in [5, 5.41) is 12.2.